The van der Waals surface area contributed by atoms with Gasteiger partial charge >= 0.3 is 16.1 Å². The molecule has 0 heterocycles. The van der Waals surface area contributed by atoms with Crippen LogP contribution in [0.3, 0.4) is 0 Å². The summed E-state index contributed by atoms with van der Waals surface area (Å²) in [6.07, 6.45) is 0.784. The molecule has 8 heteroatoms. The average molecular weight is 469 g/mol. The Hall–Kier alpha value is -2.06. The van der Waals surface area contributed by atoms with Crippen molar-refractivity contribution in [3.05, 3.63) is 58.6 Å². The van der Waals surface area contributed by atoms with E-state index in [0.717, 1.165) is 16.5 Å². The van der Waals surface area contributed by atoms with E-state index in [1.54, 1.807) is 23.1 Å². The quantitative estimate of drug-likeness (QED) is 0.552. The van der Waals surface area contributed by atoms with Crippen LogP contribution in [0.25, 0.3) is 0 Å². The van der Waals surface area contributed by atoms with Crippen molar-refractivity contribution in [2.45, 2.75) is 39.8 Å². The maximum Gasteiger partial charge on any atom is 0.322 e. The Morgan fingerprint density at radius 3 is 2.54 bits per heavy atom. The minimum absolute atomic E-state index is 0.00361. The molecule has 0 aliphatic heterocycles. The van der Waals surface area contributed by atoms with Crippen molar-refractivity contribution in [3.63, 3.8) is 0 Å². The number of nitrogens with one attached hydrogen (secondary N) is 1. The molecule has 6 nitrogen and oxygen atoms in total. The highest BCUT2D eigenvalue weighted by Gasteiger charge is 2.20. The topological polar surface area (TPSA) is 75.7 Å². The Labute approximate surface area is 175 Å². The number of hydrogen-bond donors (Lipinski definition) is 1. The minimum atomic E-state index is -3.60. The molecular weight excluding hydrogens is 444 g/mol. The van der Waals surface area contributed by atoms with Crippen molar-refractivity contribution in [1.29, 1.82) is 0 Å². The normalized spacial score (nSPS) is 12.3. The maximum atomic E-state index is 12.9. The molecule has 0 aromatic heterocycles. The van der Waals surface area contributed by atoms with Gasteiger partial charge in [0, 0.05) is 22.7 Å². The molecule has 1 N–H and O–H groups in total. The number of amides is 2. The van der Waals surface area contributed by atoms with Crippen molar-refractivity contribution >= 4 is 37.8 Å². The number of hydrogen-bond acceptors (Lipinski definition) is 4. The Bertz CT molecular complexity index is 918. The van der Waals surface area contributed by atoms with Gasteiger partial charge in [-0.15, -0.1) is 0 Å². The fraction of sp³-hybridized carbons (Fsp3) is 0.350. The van der Waals surface area contributed by atoms with Gasteiger partial charge in [0.2, 0.25) is 0 Å². The third kappa shape index (κ3) is 6.53. The highest BCUT2D eigenvalue weighted by Crippen LogP contribution is 2.21. The number of halogens is 1. The average Bonchev–Trinajstić information content (AvgIpc) is 2.65. The third-order valence-electron chi connectivity index (χ3n) is 4.29. The van der Waals surface area contributed by atoms with Crippen molar-refractivity contribution in [2.24, 2.45) is 0 Å². The highest BCUT2D eigenvalue weighted by molar-refractivity contribution is 9.10. The van der Waals surface area contributed by atoms with Gasteiger partial charge in [-0.25, -0.2) is 4.79 Å². The molecule has 2 aromatic carbocycles. The Kier molecular flexibility index (Phi) is 7.88. The van der Waals surface area contributed by atoms with Crippen LogP contribution in [0.2, 0.25) is 0 Å². The van der Waals surface area contributed by atoms with E-state index in [2.05, 4.69) is 21.2 Å². The molecule has 28 heavy (non-hydrogen) atoms. The van der Waals surface area contributed by atoms with E-state index in [0.29, 0.717) is 12.2 Å². The van der Waals surface area contributed by atoms with E-state index < -0.39 is 10.1 Å². The fourth-order valence-electron chi connectivity index (χ4n) is 2.51. The molecular formula is C20H25BrN2O4S. The zero-order chi connectivity index (χ0) is 20.7. The van der Waals surface area contributed by atoms with E-state index in [1.165, 1.54) is 6.92 Å². The first-order valence-corrected chi connectivity index (χ1v) is 11.5. The summed E-state index contributed by atoms with van der Waals surface area (Å²) in [5.41, 5.74) is 1.48. The van der Waals surface area contributed by atoms with E-state index in [4.69, 9.17) is 4.18 Å². The first-order valence-electron chi connectivity index (χ1n) is 9.08. The lowest BCUT2D eigenvalue weighted by Gasteiger charge is -2.29. The molecule has 2 rings (SSSR count). The predicted octanol–water partition coefficient (Wildman–Crippen LogP) is 5.01. The van der Waals surface area contributed by atoms with Crippen LogP contribution in [0, 0.1) is 0 Å². The molecule has 0 saturated heterocycles. The lowest BCUT2D eigenvalue weighted by atomic mass is 10.1. The fourth-order valence-corrected chi connectivity index (χ4v) is 3.42. The molecule has 0 fully saturated rings. The van der Waals surface area contributed by atoms with Gasteiger partial charge in [-0.3, -0.25) is 0 Å². The number of rotatable bonds is 8. The summed E-state index contributed by atoms with van der Waals surface area (Å²) in [7, 11) is -3.60. The second kappa shape index (κ2) is 9.93. The van der Waals surface area contributed by atoms with E-state index in [-0.39, 0.29) is 23.6 Å². The first kappa shape index (κ1) is 22.2. The highest BCUT2D eigenvalue weighted by atomic mass is 79.9. The number of benzene rings is 2. The Balaban J connectivity index is 2.19. The van der Waals surface area contributed by atoms with Crippen LogP contribution < -0.4 is 9.50 Å². The van der Waals surface area contributed by atoms with Crippen LogP contribution in [0.4, 0.5) is 10.5 Å². The monoisotopic (exact) mass is 468 g/mol. The summed E-state index contributed by atoms with van der Waals surface area (Å²) in [6, 6.07) is 14.0. The van der Waals surface area contributed by atoms with Gasteiger partial charge in [-0.1, -0.05) is 41.1 Å². The standard InChI is InChI=1S/C20H25BrN2O4S/c1-4-15(3)23(20(24)22-18-10-7-9-17(21)13-18)14-16-8-6-11-19(12-16)27-28(25,26)5-2/h6-13,15H,4-5,14H2,1-3H3,(H,22,24). The van der Waals surface area contributed by atoms with Gasteiger partial charge in [0.05, 0.1) is 5.75 Å². The second-order valence-electron chi connectivity index (χ2n) is 6.40. The van der Waals surface area contributed by atoms with E-state index in [9.17, 15) is 13.2 Å². The molecule has 0 bridgehead atoms. The van der Waals surface area contributed by atoms with Crippen LogP contribution in [0.15, 0.2) is 53.0 Å². The van der Waals surface area contributed by atoms with E-state index in [1.807, 2.05) is 44.2 Å². The molecule has 1 unspecified atom stereocenters. The summed E-state index contributed by atoms with van der Waals surface area (Å²) >= 11 is 3.40. The summed E-state index contributed by atoms with van der Waals surface area (Å²) in [6.45, 7) is 5.84. The van der Waals surface area contributed by atoms with Crippen LogP contribution in [-0.4, -0.2) is 31.1 Å². The van der Waals surface area contributed by atoms with Gasteiger partial charge in [-0.2, -0.15) is 8.42 Å². The van der Waals surface area contributed by atoms with Crippen molar-refractivity contribution in [3.8, 4) is 5.75 Å². The Morgan fingerprint density at radius 2 is 1.89 bits per heavy atom. The summed E-state index contributed by atoms with van der Waals surface area (Å²) in [4.78, 5) is 14.6. The molecule has 1 atom stereocenters. The molecule has 0 saturated carbocycles. The third-order valence-corrected chi connectivity index (χ3v) is 5.93. The molecule has 0 aliphatic rings. The van der Waals surface area contributed by atoms with Gasteiger partial charge in [0.25, 0.3) is 0 Å². The molecule has 0 spiro atoms. The molecule has 0 aliphatic carbocycles. The van der Waals surface area contributed by atoms with Crippen LogP contribution in [0.1, 0.15) is 32.8 Å². The number of urea groups is 1. The van der Waals surface area contributed by atoms with Crippen LogP contribution in [0.5, 0.6) is 5.75 Å². The minimum Gasteiger partial charge on any atom is -0.382 e. The summed E-state index contributed by atoms with van der Waals surface area (Å²) < 4.78 is 29.3. The van der Waals surface area contributed by atoms with Crippen LogP contribution >= 0.6 is 15.9 Å². The molecule has 152 valence electrons. The summed E-state index contributed by atoms with van der Waals surface area (Å²) in [5.74, 6) is 0.140. The predicted molar refractivity (Wildman–Crippen MR) is 115 cm³/mol. The summed E-state index contributed by atoms with van der Waals surface area (Å²) in [5, 5.41) is 2.91. The van der Waals surface area contributed by atoms with Crippen molar-refractivity contribution in [1.82, 2.24) is 4.90 Å². The van der Waals surface area contributed by atoms with Crippen molar-refractivity contribution in [2.75, 3.05) is 11.1 Å². The number of carbonyl (C=O) groups excluding carboxylic acids is 1. The molecule has 0 radical (unpaired) electrons. The lowest BCUT2D eigenvalue weighted by molar-refractivity contribution is 0.187. The number of nitrogens with zero attached hydrogens (tertiary/aromatic N) is 1. The molecule has 2 amide bonds. The largest absolute Gasteiger partial charge is 0.382 e. The first-order chi connectivity index (χ1) is 13.2. The SMILES string of the molecule is CCC(C)N(Cc1cccc(OS(=O)(=O)CC)c1)C(=O)Nc1cccc(Br)c1. The maximum absolute atomic E-state index is 12.9. The van der Waals surface area contributed by atoms with E-state index >= 15 is 0 Å². The number of carbonyl (C=O) groups is 1. The second-order valence-corrected chi connectivity index (χ2v) is 9.18. The number of anilines is 1. The van der Waals surface area contributed by atoms with Gasteiger partial charge in [-0.05, 0) is 56.2 Å². The lowest BCUT2D eigenvalue weighted by Crippen LogP contribution is -2.40. The zero-order valence-corrected chi connectivity index (χ0v) is 18.6. The van der Waals surface area contributed by atoms with Gasteiger partial charge < -0.3 is 14.4 Å². The smallest absolute Gasteiger partial charge is 0.322 e. The van der Waals surface area contributed by atoms with Gasteiger partial charge in [0.15, 0.2) is 0 Å². The van der Waals surface area contributed by atoms with Crippen molar-refractivity contribution < 1.29 is 17.4 Å². The zero-order valence-electron chi connectivity index (χ0n) is 16.2. The van der Waals surface area contributed by atoms with Crippen LogP contribution in [-0.2, 0) is 16.7 Å². The Morgan fingerprint density at radius 1 is 1.18 bits per heavy atom. The van der Waals surface area contributed by atoms with Gasteiger partial charge in [0.1, 0.15) is 5.75 Å². The molecule has 2 aromatic rings.